The van der Waals surface area contributed by atoms with Crippen molar-refractivity contribution in [3.63, 3.8) is 0 Å². The maximum absolute atomic E-state index is 13.5. The zero-order chi connectivity index (χ0) is 15.6. The third-order valence-electron chi connectivity index (χ3n) is 3.40. The van der Waals surface area contributed by atoms with Crippen molar-refractivity contribution in [3.8, 4) is 22.9 Å². The lowest BCUT2D eigenvalue weighted by molar-refractivity contribution is 0.411. The molecule has 3 aromatic heterocycles. The summed E-state index contributed by atoms with van der Waals surface area (Å²) in [6.45, 7) is 0. The van der Waals surface area contributed by atoms with Crippen LogP contribution in [0.2, 0.25) is 0 Å². The van der Waals surface area contributed by atoms with Gasteiger partial charge < -0.3 is 4.74 Å². The predicted molar refractivity (Wildman–Crippen MR) is 82.7 cm³/mol. The van der Waals surface area contributed by atoms with Crippen molar-refractivity contribution in [1.82, 2.24) is 19.6 Å². The van der Waals surface area contributed by atoms with Crippen LogP contribution in [0.1, 0.15) is 0 Å². The molecule has 0 saturated heterocycles. The van der Waals surface area contributed by atoms with Crippen LogP contribution in [0.15, 0.2) is 67.3 Å². The van der Waals surface area contributed by atoms with E-state index in [4.69, 9.17) is 4.74 Å². The normalized spacial score (nSPS) is 10.8. The molecular weight excluding hydrogens is 295 g/mol. The summed E-state index contributed by atoms with van der Waals surface area (Å²) in [5, 5.41) is 4.15. The highest BCUT2D eigenvalue weighted by molar-refractivity contribution is 5.67. The molecule has 1 aromatic carbocycles. The van der Waals surface area contributed by atoms with E-state index in [1.807, 2.05) is 24.4 Å². The van der Waals surface area contributed by atoms with E-state index in [2.05, 4.69) is 15.1 Å². The Kier molecular flexibility index (Phi) is 3.20. The second-order valence-corrected chi connectivity index (χ2v) is 4.90. The molecule has 5 nitrogen and oxygen atoms in total. The molecule has 4 rings (SSSR count). The molecule has 0 aliphatic rings. The molecule has 112 valence electrons. The summed E-state index contributed by atoms with van der Waals surface area (Å²) >= 11 is 0. The van der Waals surface area contributed by atoms with Gasteiger partial charge in [0.2, 0.25) is 0 Å². The van der Waals surface area contributed by atoms with E-state index in [0.29, 0.717) is 0 Å². The minimum atomic E-state index is -0.452. The van der Waals surface area contributed by atoms with Gasteiger partial charge in [0.05, 0.1) is 5.52 Å². The van der Waals surface area contributed by atoms with E-state index in [9.17, 15) is 4.39 Å². The summed E-state index contributed by atoms with van der Waals surface area (Å²) in [6.07, 6.45) is 6.89. The first-order valence-corrected chi connectivity index (χ1v) is 6.98. The summed E-state index contributed by atoms with van der Waals surface area (Å²) in [7, 11) is 0. The molecule has 0 unspecified atom stereocenters. The lowest BCUT2D eigenvalue weighted by Crippen LogP contribution is -1.94. The van der Waals surface area contributed by atoms with Gasteiger partial charge in [-0.2, -0.15) is 5.10 Å². The van der Waals surface area contributed by atoms with Gasteiger partial charge >= 0.3 is 6.01 Å². The van der Waals surface area contributed by atoms with Crippen molar-refractivity contribution in [2.45, 2.75) is 0 Å². The van der Waals surface area contributed by atoms with Gasteiger partial charge in [0.1, 0.15) is 0 Å². The van der Waals surface area contributed by atoms with Crippen molar-refractivity contribution in [3.05, 3.63) is 73.1 Å². The van der Waals surface area contributed by atoms with Gasteiger partial charge in [-0.1, -0.05) is 12.1 Å². The molecule has 0 radical (unpaired) electrons. The van der Waals surface area contributed by atoms with Gasteiger partial charge in [-0.25, -0.2) is 18.9 Å². The number of nitrogens with zero attached hydrogens (tertiary/aromatic N) is 4. The second-order valence-electron chi connectivity index (χ2n) is 4.90. The number of hydrogen-bond donors (Lipinski definition) is 0. The van der Waals surface area contributed by atoms with Gasteiger partial charge in [-0.15, -0.1) is 0 Å². The van der Waals surface area contributed by atoms with Crippen LogP contribution in [0.4, 0.5) is 4.39 Å². The first-order valence-electron chi connectivity index (χ1n) is 6.98. The van der Waals surface area contributed by atoms with Gasteiger partial charge in [-0.05, 0) is 35.9 Å². The Labute approximate surface area is 131 Å². The average Bonchev–Trinajstić information content (AvgIpc) is 3.05. The number of benzene rings is 1. The number of para-hydroxylation sites is 1. The minimum absolute atomic E-state index is 0.0981. The summed E-state index contributed by atoms with van der Waals surface area (Å²) in [6, 6.07) is 12.1. The third-order valence-corrected chi connectivity index (χ3v) is 3.40. The molecular formula is C17H11FN4O. The van der Waals surface area contributed by atoms with Gasteiger partial charge in [0.15, 0.2) is 11.6 Å². The van der Waals surface area contributed by atoms with Crippen molar-refractivity contribution >= 4 is 5.52 Å². The van der Waals surface area contributed by atoms with Gasteiger partial charge in [-0.3, -0.25) is 0 Å². The molecule has 4 aromatic rings. The Bertz CT molecular complexity index is 966. The van der Waals surface area contributed by atoms with Crippen molar-refractivity contribution in [2.75, 3.05) is 0 Å². The molecule has 0 saturated carbocycles. The van der Waals surface area contributed by atoms with Crippen LogP contribution in [0.3, 0.4) is 0 Å². The van der Waals surface area contributed by atoms with Crippen LogP contribution >= 0.6 is 0 Å². The summed E-state index contributed by atoms with van der Waals surface area (Å²) in [4.78, 5) is 8.27. The average molecular weight is 306 g/mol. The second kappa shape index (κ2) is 5.49. The standard InChI is InChI=1S/C17H11FN4O/c18-15-3-1-2-4-16(15)23-17-19-10-13(11-20-17)12-6-8-22-14(9-12)5-7-21-22/h1-11H. The van der Waals surface area contributed by atoms with E-state index in [1.54, 1.807) is 35.2 Å². The predicted octanol–water partition coefficient (Wildman–Crippen LogP) is 3.72. The number of ether oxygens (including phenoxy) is 1. The zero-order valence-corrected chi connectivity index (χ0v) is 11.9. The summed E-state index contributed by atoms with van der Waals surface area (Å²) < 4.78 is 20.7. The fourth-order valence-corrected chi connectivity index (χ4v) is 2.25. The number of halogens is 1. The molecule has 0 amide bonds. The lowest BCUT2D eigenvalue weighted by Gasteiger charge is -2.06. The van der Waals surface area contributed by atoms with E-state index < -0.39 is 5.82 Å². The summed E-state index contributed by atoms with van der Waals surface area (Å²) in [5.74, 6) is -0.354. The highest BCUT2D eigenvalue weighted by Gasteiger charge is 2.07. The molecule has 0 fully saturated rings. The van der Waals surface area contributed by atoms with Crippen LogP contribution in [-0.2, 0) is 0 Å². The number of rotatable bonds is 3. The minimum Gasteiger partial charge on any atom is -0.421 e. The Morgan fingerprint density at radius 2 is 1.78 bits per heavy atom. The fraction of sp³-hybridized carbons (Fsp3) is 0. The Morgan fingerprint density at radius 3 is 2.61 bits per heavy atom. The Hall–Kier alpha value is -3.28. The van der Waals surface area contributed by atoms with Gasteiger partial charge in [0.25, 0.3) is 0 Å². The van der Waals surface area contributed by atoms with Crippen LogP contribution in [-0.4, -0.2) is 19.6 Å². The molecule has 0 bridgehead atoms. The first kappa shape index (κ1) is 13.4. The number of aromatic nitrogens is 4. The van der Waals surface area contributed by atoms with Crippen LogP contribution < -0.4 is 4.74 Å². The van der Waals surface area contributed by atoms with Gasteiger partial charge in [0, 0.05) is 30.4 Å². The maximum Gasteiger partial charge on any atom is 0.321 e. The largest absolute Gasteiger partial charge is 0.421 e. The molecule has 6 heteroatoms. The Morgan fingerprint density at radius 1 is 0.957 bits per heavy atom. The SMILES string of the molecule is Fc1ccccc1Oc1ncc(-c2ccn3nccc3c2)cn1. The molecule has 0 aliphatic carbocycles. The maximum atomic E-state index is 13.5. The van der Waals surface area contributed by atoms with Crippen molar-refractivity contribution < 1.29 is 9.13 Å². The third kappa shape index (κ3) is 2.62. The number of fused-ring (bicyclic) bond motifs is 1. The van der Waals surface area contributed by atoms with Crippen LogP contribution in [0.5, 0.6) is 11.8 Å². The molecule has 0 spiro atoms. The van der Waals surface area contributed by atoms with E-state index in [1.165, 1.54) is 12.1 Å². The molecule has 0 N–H and O–H groups in total. The fourth-order valence-electron chi connectivity index (χ4n) is 2.25. The topological polar surface area (TPSA) is 52.3 Å². The highest BCUT2D eigenvalue weighted by atomic mass is 19.1. The summed E-state index contributed by atoms with van der Waals surface area (Å²) in [5.41, 5.74) is 2.79. The van der Waals surface area contributed by atoms with Crippen LogP contribution in [0.25, 0.3) is 16.6 Å². The monoisotopic (exact) mass is 306 g/mol. The molecule has 0 aliphatic heterocycles. The highest BCUT2D eigenvalue weighted by Crippen LogP contribution is 2.23. The van der Waals surface area contributed by atoms with Crippen molar-refractivity contribution in [2.24, 2.45) is 0 Å². The molecule has 0 atom stereocenters. The Balaban J connectivity index is 1.61. The van der Waals surface area contributed by atoms with Crippen LogP contribution in [0, 0.1) is 5.82 Å². The van der Waals surface area contributed by atoms with E-state index >= 15 is 0 Å². The number of hydrogen-bond acceptors (Lipinski definition) is 4. The van der Waals surface area contributed by atoms with E-state index in [0.717, 1.165) is 16.6 Å². The quantitative estimate of drug-likeness (QED) is 0.579. The first-order chi connectivity index (χ1) is 11.3. The molecule has 23 heavy (non-hydrogen) atoms. The number of pyridine rings is 1. The lowest BCUT2D eigenvalue weighted by atomic mass is 10.1. The molecule has 3 heterocycles. The van der Waals surface area contributed by atoms with E-state index in [-0.39, 0.29) is 11.8 Å². The van der Waals surface area contributed by atoms with Crippen molar-refractivity contribution in [1.29, 1.82) is 0 Å². The smallest absolute Gasteiger partial charge is 0.321 e. The zero-order valence-electron chi connectivity index (χ0n) is 11.9.